The van der Waals surface area contributed by atoms with E-state index in [4.69, 9.17) is 5.73 Å². The maximum atomic E-state index is 12.0. The van der Waals surface area contributed by atoms with E-state index in [1.54, 1.807) is 0 Å². The molecule has 11 nitrogen and oxygen atoms in total. The van der Waals surface area contributed by atoms with Crippen molar-refractivity contribution >= 4 is 23.7 Å². The fraction of sp³-hybridized carbons (Fsp3) is 0.500. The maximum absolute atomic E-state index is 12.0. The van der Waals surface area contributed by atoms with Crippen molar-refractivity contribution in [3.05, 3.63) is 18.2 Å². The predicted molar refractivity (Wildman–Crippen MR) is 86.1 cm³/mol. The van der Waals surface area contributed by atoms with E-state index >= 15 is 0 Å². The van der Waals surface area contributed by atoms with Crippen LogP contribution in [0.2, 0.25) is 0 Å². The summed E-state index contributed by atoms with van der Waals surface area (Å²) in [7, 11) is 0. The molecule has 1 aromatic rings. The van der Waals surface area contributed by atoms with Gasteiger partial charge in [-0.3, -0.25) is 14.4 Å². The van der Waals surface area contributed by atoms with Crippen molar-refractivity contribution in [2.45, 2.75) is 38.4 Å². The highest BCUT2D eigenvalue weighted by molar-refractivity contribution is 5.92. The second-order valence-electron chi connectivity index (χ2n) is 5.48. The molecule has 0 aliphatic rings. The Labute approximate surface area is 143 Å². The minimum absolute atomic E-state index is 0.0200. The Kier molecular flexibility index (Phi) is 7.53. The van der Waals surface area contributed by atoms with Gasteiger partial charge in [0.15, 0.2) is 0 Å². The molecule has 0 spiro atoms. The molecule has 0 radical (unpaired) electrons. The van der Waals surface area contributed by atoms with Crippen LogP contribution < -0.4 is 21.7 Å². The van der Waals surface area contributed by atoms with Gasteiger partial charge < -0.3 is 31.8 Å². The Morgan fingerprint density at radius 1 is 1.24 bits per heavy atom. The minimum atomic E-state index is -1.22. The highest BCUT2D eigenvalue weighted by atomic mass is 16.4. The van der Waals surface area contributed by atoms with Gasteiger partial charge in [0.05, 0.1) is 18.9 Å². The number of imidazole rings is 1. The number of aliphatic carboxylic acids is 1. The zero-order chi connectivity index (χ0) is 19.0. The van der Waals surface area contributed by atoms with Crippen molar-refractivity contribution in [1.29, 1.82) is 0 Å². The summed E-state index contributed by atoms with van der Waals surface area (Å²) in [6, 6.07) is -2.92. The molecule has 3 amide bonds. The van der Waals surface area contributed by atoms with E-state index in [-0.39, 0.29) is 13.0 Å². The number of carboxylic acid groups (broad SMARTS) is 1. The minimum Gasteiger partial charge on any atom is -0.480 e. The fourth-order valence-electron chi connectivity index (χ4n) is 1.80. The molecule has 0 fully saturated rings. The molecule has 7 N–H and O–H groups in total. The van der Waals surface area contributed by atoms with Gasteiger partial charge in [-0.15, -0.1) is 0 Å². The maximum Gasteiger partial charge on any atom is 0.326 e. The summed E-state index contributed by atoms with van der Waals surface area (Å²) < 4.78 is 0. The molecule has 0 bridgehead atoms. The molecule has 0 aliphatic heterocycles. The van der Waals surface area contributed by atoms with Gasteiger partial charge in [-0.2, -0.15) is 0 Å². The molecular formula is C14H22N6O5. The van der Waals surface area contributed by atoms with E-state index in [2.05, 4.69) is 25.9 Å². The number of rotatable bonds is 9. The number of hydrogen-bond acceptors (Lipinski definition) is 6. The third kappa shape index (κ3) is 6.99. The molecule has 0 aliphatic carbocycles. The zero-order valence-electron chi connectivity index (χ0n) is 13.9. The van der Waals surface area contributed by atoms with E-state index < -0.39 is 41.8 Å². The fourth-order valence-corrected chi connectivity index (χ4v) is 1.80. The first-order chi connectivity index (χ1) is 11.7. The van der Waals surface area contributed by atoms with Gasteiger partial charge in [-0.25, -0.2) is 9.78 Å². The number of carbonyl (C=O) groups excluding carboxylic acids is 3. The van der Waals surface area contributed by atoms with Crippen LogP contribution in [-0.4, -0.2) is 63.4 Å². The molecule has 11 heteroatoms. The smallest absolute Gasteiger partial charge is 0.326 e. The molecule has 3 unspecified atom stereocenters. The topological polar surface area (TPSA) is 179 Å². The Morgan fingerprint density at radius 3 is 2.44 bits per heavy atom. The number of aromatic nitrogens is 2. The second-order valence-corrected chi connectivity index (χ2v) is 5.48. The Morgan fingerprint density at radius 2 is 1.92 bits per heavy atom. The summed E-state index contributed by atoms with van der Waals surface area (Å²) in [4.78, 5) is 52.8. The standard InChI is InChI=1S/C14H22N6O5/c1-7(15)12(22)17-5-11(21)19-8(2)13(23)20-10(14(24)25)3-9-4-16-6-18-9/h4,6-8,10H,3,5,15H2,1-2H3,(H,16,18)(H,17,22)(H,19,21)(H,20,23)(H,24,25). The molecule has 0 saturated heterocycles. The highest BCUT2D eigenvalue weighted by Crippen LogP contribution is 1.99. The number of H-pyrrole nitrogens is 1. The van der Waals surface area contributed by atoms with Crippen LogP contribution in [0.15, 0.2) is 12.5 Å². The van der Waals surface area contributed by atoms with Gasteiger partial charge in [0.1, 0.15) is 12.1 Å². The third-order valence-corrected chi connectivity index (χ3v) is 3.20. The second kappa shape index (κ2) is 9.37. The van der Waals surface area contributed by atoms with Crippen LogP contribution in [0.1, 0.15) is 19.5 Å². The Bertz CT molecular complexity index is 615. The Hall–Kier alpha value is -2.95. The van der Waals surface area contributed by atoms with Gasteiger partial charge in [0.2, 0.25) is 17.7 Å². The van der Waals surface area contributed by atoms with Crippen molar-refractivity contribution in [2.24, 2.45) is 5.73 Å². The van der Waals surface area contributed by atoms with Crippen LogP contribution in [0, 0.1) is 0 Å². The zero-order valence-corrected chi connectivity index (χ0v) is 13.9. The van der Waals surface area contributed by atoms with E-state index in [0.29, 0.717) is 5.69 Å². The summed E-state index contributed by atoms with van der Waals surface area (Å²) in [5.41, 5.74) is 5.88. The van der Waals surface area contributed by atoms with Gasteiger partial charge in [-0.1, -0.05) is 0 Å². The SMILES string of the molecule is CC(N)C(=O)NCC(=O)NC(C)C(=O)NC(Cc1cnc[nH]1)C(=O)O. The van der Waals surface area contributed by atoms with Crippen LogP contribution >= 0.6 is 0 Å². The lowest BCUT2D eigenvalue weighted by molar-refractivity contribution is -0.142. The lowest BCUT2D eigenvalue weighted by Gasteiger charge is -2.18. The van der Waals surface area contributed by atoms with Crippen LogP contribution in [0.3, 0.4) is 0 Å². The molecule has 1 heterocycles. The summed E-state index contributed by atoms with van der Waals surface area (Å²) in [5, 5.41) is 16.2. The largest absolute Gasteiger partial charge is 0.480 e. The van der Waals surface area contributed by atoms with E-state index in [1.807, 2.05) is 0 Å². The summed E-state index contributed by atoms with van der Waals surface area (Å²) in [6.45, 7) is 2.53. The van der Waals surface area contributed by atoms with Gasteiger partial charge in [-0.05, 0) is 13.8 Å². The lowest BCUT2D eigenvalue weighted by Crippen LogP contribution is -2.52. The molecule has 138 valence electrons. The Balaban J connectivity index is 2.49. The summed E-state index contributed by atoms with van der Waals surface area (Å²) in [6.07, 6.45) is 2.87. The number of aromatic amines is 1. The molecule has 0 aromatic carbocycles. The van der Waals surface area contributed by atoms with Crippen LogP contribution in [0.4, 0.5) is 0 Å². The first-order valence-corrected chi connectivity index (χ1v) is 7.53. The van der Waals surface area contributed by atoms with Crippen molar-refractivity contribution < 1.29 is 24.3 Å². The quantitative estimate of drug-likeness (QED) is 0.283. The summed E-state index contributed by atoms with van der Waals surface area (Å²) in [5.74, 6) is -2.99. The van der Waals surface area contributed by atoms with Crippen LogP contribution in [0.25, 0.3) is 0 Å². The number of amides is 3. The van der Waals surface area contributed by atoms with E-state index in [9.17, 15) is 24.3 Å². The predicted octanol–water partition coefficient (Wildman–Crippen LogP) is -2.51. The van der Waals surface area contributed by atoms with E-state index in [1.165, 1.54) is 26.4 Å². The van der Waals surface area contributed by atoms with Crippen molar-refractivity contribution in [1.82, 2.24) is 25.9 Å². The molecule has 3 atom stereocenters. The summed E-state index contributed by atoms with van der Waals surface area (Å²) >= 11 is 0. The highest BCUT2D eigenvalue weighted by Gasteiger charge is 2.24. The van der Waals surface area contributed by atoms with Crippen molar-refractivity contribution in [2.75, 3.05) is 6.54 Å². The lowest BCUT2D eigenvalue weighted by atomic mass is 10.1. The molecule has 0 saturated carbocycles. The number of carbonyl (C=O) groups is 4. The van der Waals surface area contributed by atoms with Crippen molar-refractivity contribution in [3.63, 3.8) is 0 Å². The van der Waals surface area contributed by atoms with Gasteiger partial charge >= 0.3 is 5.97 Å². The first kappa shape index (κ1) is 20.1. The van der Waals surface area contributed by atoms with Gasteiger partial charge in [0.25, 0.3) is 0 Å². The van der Waals surface area contributed by atoms with Crippen LogP contribution in [-0.2, 0) is 25.6 Å². The molecule has 1 rings (SSSR count). The van der Waals surface area contributed by atoms with E-state index in [0.717, 1.165) is 0 Å². The number of hydrogen-bond donors (Lipinski definition) is 6. The molecule has 25 heavy (non-hydrogen) atoms. The average Bonchev–Trinajstić information content (AvgIpc) is 3.04. The first-order valence-electron chi connectivity index (χ1n) is 7.53. The number of carboxylic acids is 1. The molecule has 1 aromatic heterocycles. The average molecular weight is 354 g/mol. The van der Waals surface area contributed by atoms with Crippen molar-refractivity contribution in [3.8, 4) is 0 Å². The molecular weight excluding hydrogens is 332 g/mol. The monoisotopic (exact) mass is 354 g/mol. The van der Waals surface area contributed by atoms with Crippen LogP contribution in [0.5, 0.6) is 0 Å². The third-order valence-electron chi connectivity index (χ3n) is 3.20. The number of nitrogens with one attached hydrogen (secondary N) is 4. The number of nitrogens with zero attached hydrogens (tertiary/aromatic N) is 1. The number of nitrogens with two attached hydrogens (primary N) is 1. The normalized spacial score (nSPS) is 14.0. The van der Waals surface area contributed by atoms with Gasteiger partial charge in [0, 0.05) is 18.3 Å².